The molecule has 0 aliphatic heterocycles. The molecule has 122 valence electrons. The average molecular weight is 307 g/mol. The highest BCUT2D eigenvalue weighted by molar-refractivity contribution is 7.53. The van der Waals surface area contributed by atoms with Crippen molar-refractivity contribution < 1.29 is 13.6 Å². The molecule has 0 aromatic carbocycles. The fraction of sp³-hybridized carbons (Fsp3) is 1.00. The van der Waals surface area contributed by atoms with Gasteiger partial charge in [0, 0.05) is 0 Å². The standard InChI is InChI=1S/C15H34NO3P/c1-3-18-20(17,19-4-2)15-13-11-9-7-5-6-8-10-12-14-16/h3-16H2,1-2H3. The summed E-state index contributed by atoms with van der Waals surface area (Å²) in [6.07, 6.45) is 11.5. The van der Waals surface area contributed by atoms with Crippen LogP contribution in [0.15, 0.2) is 0 Å². The molecule has 0 aromatic heterocycles. The molecule has 0 spiro atoms. The van der Waals surface area contributed by atoms with Crippen molar-refractivity contribution in [3.05, 3.63) is 0 Å². The zero-order chi connectivity index (χ0) is 15.1. The summed E-state index contributed by atoms with van der Waals surface area (Å²) in [6, 6.07) is 0. The van der Waals surface area contributed by atoms with Crippen LogP contribution in [-0.2, 0) is 13.6 Å². The molecular weight excluding hydrogens is 273 g/mol. The normalized spacial score (nSPS) is 11.9. The molecule has 0 amide bonds. The van der Waals surface area contributed by atoms with E-state index in [9.17, 15) is 4.57 Å². The second-order valence-electron chi connectivity index (χ2n) is 5.14. The van der Waals surface area contributed by atoms with Gasteiger partial charge in [-0.25, -0.2) is 0 Å². The minimum Gasteiger partial charge on any atom is -0.330 e. The molecule has 4 nitrogen and oxygen atoms in total. The third-order valence-corrected chi connectivity index (χ3v) is 5.45. The fourth-order valence-electron chi connectivity index (χ4n) is 2.25. The molecule has 0 aliphatic carbocycles. The first-order valence-corrected chi connectivity index (χ1v) is 9.99. The Morgan fingerprint density at radius 2 is 1.15 bits per heavy atom. The van der Waals surface area contributed by atoms with E-state index in [0.717, 1.165) is 25.8 Å². The molecule has 0 unspecified atom stereocenters. The van der Waals surface area contributed by atoms with Crippen molar-refractivity contribution in [2.75, 3.05) is 25.9 Å². The van der Waals surface area contributed by atoms with E-state index >= 15 is 0 Å². The largest absolute Gasteiger partial charge is 0.330 e. The van der Waals surface area contributed by atoms with Crippen molar-refractivity contribution >= 4 is 7.60 Å². The van der Waals surface area contributed by atoms with Gasteiger partial charge in [0.25, 0.3) is 0 Å². The average Bonchev–Trinajstić information content (AvgIpc) is 2.41. The van der Waals surface area contributed by atoms with Crippen LogP contribution in [0, 0.1) is 0 Å². The molecule has 0 fully saturated rings. The van der Waals surface area contributed by atoms with Crippen molar-refractivity contribution in [3.63, 3.8) is 0 Å². The maximum absolute atomic E-state index is 12.2. The van der Waals surface area contributed by atoms with Crippen molar-refractivity contribution in [1.29, 1.82) is 0 Å². The lowest BCUT2D eigenvalue weighted by Gasteiger charge is -2.16. The van der Waals surface area contributed by atoms with Crippen molar-refractivity contribution in [3.8, 4) is 0 Å². The summed E-state index contributed by atoms with van der Waals surface area (Å²) in [7, 11) is -2.81. The molecule has 0 radical (unpaired) electrons. The molecule has 5 heteroatoms. The minimum absolute atomic E-state index is 0.458. The van der Waals surface area contributed by atoms with Crippen LogP contribution in [0.4, 0.5) is 0 Å². The van der Waals surface area contributed by atoms with Gasteiger partial charge in [0.2, 0.25) is 0 Å². The Labute approximate surface area is 125 Å². The summed E-state index contributed by atoms with van der Waals surface area (Å²) < 4.78 is 22.7. The zero-order valence-corrected chi connectivity index (χ0v) is 14.3. The van der Waals surface area contributed by atoms with Gasteiger partial charge >= 0.3 is 7.60 Å². The molecule has 0 aromatic rings. The van der Waals surface area contributed by atoms with Gasteiger partial charge in [-0.2, -0.15) is 0 Å². The second kappa shape index (κ2) is 14.1. The first kappa shape index (κ1) is 20.1. The second-order valence-corrected chi connectivity index (χ2v) is 7.33. The van der Waals surface area contributed by atoms with Crippen LogP contribution < -0.4 is 5.73 Å². The molecule has 0 rings (SSSR count). The summed E-state index contributed by atoms with van der Waals surface area (Å²) in [5.41, 5.74) is 5.46. The molecule has 0 saturated heterocycles. The summed E-state index contributed by atoms with van der Waals surface area (Å²) in [5.74, 6) is 0. The van der Waals surface area contributed by atoms with E-state index in [1.807, 2.05) is 13.8 Å². The highest BCUT2D eigenvalue weighted by Crippen LogP contribution is 2.48. The highest BCUT2D eigenvalue weighted by Gasteiger charge is 2.22. The molecular formula is C15H34NO3P. The molecule has 0 heterocycles. The predicted molar refractivity (Wildman–Crippen MR) is 86.3 cm³/mol. The van der Waals surface area contributed by atoms with Crippen LogP contribution in [0.2, 0.25) is 0 Å². The van der Waals surface area contributed by atoms with Crippen LogP contribution in [0.3, 0.4) is 0 Å². The summed E-state index contributed by atoms with van der Waals surface area (Å²) >= 11 is 0. The monoisotopic (exact) mass is 307 g/mol. The van der Waals surface area contributed by atoms with Crippen LogP contribution >= 0.6 is 7.60 Å². The van der Waals surface area contributed by atoms with E-state index in [4.69, 9.17) is 14.8 Å². The summed E-state index contributed by atoms with van der Waals surface area (Å²) in [6.45, 7) is 5.45. The molecule has 20 heavy (non-hydrogen) atoms. The number of unbranched alkanes of at least 4 members (excludes halogenated alkanes) is 8. The molecule has 0 aliphatic rings. The van der Waals surface area contributed by atoms with Crippen LogP contribution in [0.25, 0.3) is 0 Å². The Hall–Kier alpha value is 0.110. The molecule has 2 N–H and O–H groups in total. The van der Waals surface area contributed by atoms with E-state index in [-0.39, 0.29) is 0 Å². The number of hydrogen-bond donors (Lipinski definition) is 1. The number of hydrogen-bond acceptors (Lipinski definition) is 4. The van der Waals surface area contributed by atoms with Crippen molar-refractivity contribution in [2.24, 2.45) is 5.73 Å². The van der Waals surface area contributed by atoms with Gasteiger partial charge in [-0.3, -0.25) is 4.57 Å². The van der Waals surface area contributed by atoms with E-state index < -0.39 is 7.60 Å². The van der Waals surface area contributed by atoms with Gasteiger partial charge in [-0.05, 0) is 33.2 Å². The first-order chi connectivity index (χ1) is 9.68. The Kier molecular flexibility index (Phi) is 14.1. The Balaban J connectivity index is 3.43. The third kappa shape index (κ3) is 11.9. The Morgan fingerprint density at radius 3 is 1.55 bits per heavy atom. The van der Waals surface area contributed by atoms with E-state index in [1.54, 1.807) is 0 Å². The zero-order valence-electron chi connectivity index (χ0n) is 13.4. The predicted octanol–water partition coefficient (Wildman–Crippen LogP) is 4.72. The van der Waals surface area contributed by atoms with E-state index in [1.165, 1.54) is 38.5 Å². The van der Waals surface area contributed by atoms with Gasteiger partial charge in [0.05, 0.1) is 19.4 Å². The summed E-state index contributed by atoms with van der Waals surface area (Å²) in [5, 5.41) is 0. The lowest BCUT2D eigenvalue weighted by molar-refractivity contribution is 0.219. The molecule has 0 saturated carbocycles. The lowest BCUT2D eigenvalue weighted by atomic mass is 10.1. The Morgan fingerprint density at radius 1 is 0.750 bits per heavy atom. The third-order valence-electron chi connectivity index (χ3n) is 3.29. The van der Waals surface area contributed by atoms with Gasteiger partial charge in [-0.15, -0.1) is 0 Å². The highest BCUT2D eigenvalue weighted by atomic mass is 31.2. The van der Waals surface area contributed by atoms with Crippen LogP contribution in [-0.4, -0.2) is 25.9 Å². The lowest BCUT2D eigenvalue weighted by Crippen LogP contribution is -2.00. The van der Waals surface area contributed by atoms with Crippen molar-refractivity contribution in [1.82, 2.24) is 0 Å². The summed E-state index contributed by atoms with van der Waals surface area (Å²) in [4.78, 5) is 0. The Bertz CT molecular complexity index is 239. The quantitative estimate of drug-likeness (QED) is 0.351. The van der Waals surface area contributed by atoms with Gasteiger partial charge in [0.15, 0.2) is 0 Å². The van der Waals surface area contributed by atoms with Crippen LogP contribution in [0.5, 0.6) is 0 Å². The van der Waals surface area contributed by atoms with Gasteiger partial charge in [-0.1, -0.05) is 44.9 Å². The SMILES string of the molecule is CCOP(=O)(CCCCCCCCCCCN)OCC. The molecule has 0 bridgehead atoms. The molecule has 0 atom stereocenters. The maximum Gasteiger partial charge on any atom is 0.330 e. The fourth-order valence-corrected chi connectivity index (χ4v) is 3.98. The minimum atomic E-state index is -2.81. The first-order valence-electron chi connectivity index (χ1n) is 8.26. The number of rotatable bonds is 15. The van der Waals surface area contributed by atoms with Gasteiger partial charge < -0.3 is 14.8 Å². The van der Waals surface area contributed by atoms with Gasteiger partial charge in [0.1, 0.15) is 0 Å². The van der Waals surface area contributed by atoms with E-state index in [2.05, 4.69) is 0 Å². The van der Waals surface area contributed by atoms with Crippen molar-refractivity contribution in [2.45, 2.75) is 71.6 Å². The maximum atomic E-state index is 12.2. The van der Waals surface area contributed by atoms with Crippen LogP contribution in [0.1, 0.15) is 71.6 Å². The smallest absolute Gasteiger partial charge is 0.330 e. The van der Waals surface area contributed by atoms with E-state index in [0.29, 0.717) is 19.4 Å². The number of nitrogens with two attached hydrogens (primary N) is 1. The topological polar surface area (TPSA) is 61.5 Å².